The van der Waals surface area contributed by atoms with E-state index in [0.717, 1.165) is 24.2 Å². The van der Waals surface area contributed by atoms with Crippen molar-refractivity contribution in [1.82, 2.24) is 14.9 Å². The number of hydrogen-bond acceptors (Lipinski definition) is 2. The van der Waals surface area contributed by atoms with Crippen molar-refractivity contribution in [3.63, 3.8) is 0 Å². The maximum Gasteiger partial charge on any atom is 0.224 e. The van der Waals surface area contributed by atoms with Gasteiger partial charge in [-0.05, 0) is 30.2 Å². The van der Waals surface area contributed by atoms with Crippen LogP contribution in [0.4, 0.5) is 0 Å². The van der Waals surface area contributed by atoms with Crippen molar-refractivity contribution in [3.8, 4) is 0 Å². The van der Waals surface area contributed by atoms with Crippen LogP contribution in [0.25, 0.3) is 0 Å². The summed E-state index contributed by atoms with van der Waals surface area (Å²) in [6.07, 6.45) is 11.1. The highest BCUT2D eigenvalue weighted by molar-refractivity contribution is 5.80. The van der Waals surface area contributed by atoms with Crippen molar-refractivity contribution < 1.29 is 4.79 Å². The molecular formula is C20H23N3O. The summed E-state index contributed by atoms with van der Waals surface area (Å²) in [5.41, 5.74) is 1.13. The summed E-state index contributed by atoms with van der Waals surface area (Å²) in [7, 11) is 1.99. The molecule has 4 heteroatoms. The van der Waals surface area contributed by atoms with Gasteiger partial charge in [-0.2, -0.15) is 0 Å². The minimum atomic E-state index is -0.0390. The molecule has 1 aromatic heterocycles. The van der Waals surface area contributed by atoms with E-state index in [0.29, 0.717) is 18.3 Å². The van der Waals surface area contributed by atoms with Crippen LogP contribution in [0.1, 0.15) is 30.3 Å². The normalized spacial score (nSPS) is 25.8. The number of aromatic nitrogens is 2. The number of aryl methyl sites for hydroxylation is 1. The van der Waals surface area contributed by atoms with Crippen molar-refractivity contribution in [3.05, 3.63) is 66.3 Å². The predicted octanol–water partition coefficient (Wildman–Crippen LogP) is 3.03. The Morgan fingerprint density at radius 2 is 2.12 bits per heavy atom. The molecule has 0 spiro atoms. The smallest absolute Gasteiger partial charge is 0.224 e. The van der Waals surface area contributed by atoms with E-state index < -0.39 is 0 Å². The summed E-state index contributed by atoms with van der Waals surface area (Å²) in [4.78, 5) is 17.3. The number of carbonyl (C=O) groups is 1. The Labute approximate surface area is 142 Å². The summed E-state index contributed by atoms with van der Waals surface area (Å²) >= 11 is 0. The Hall–Kier alpha value is -2.36. The van der Waals surface area contributed by atoms with Gasteiger partial charge in [0.15, 0.2) is 0 Å². The van der Waals surface area contributed by atoms with E-state index >= 15 is 0 Å². The lowest BCUT2D eigenvalue weighted by Crippen LogP contribution is -2.36. The highest BCUT2D eigenvalue weighted by Crippen LogP contribution is 2.43. The molecule has 2 aliphatic carbocycles. The number of amides is 1. The molecule has 4 nitrogen and oxygen atoms in total. The first-order chi connectivity index (χ1) is 11.7. The number of imidazole rings is 1. The predicted molar refractivity (Wildman–Crippen MR) is 93.1 cm³/mol. The number of fused-ring (bicyclic) bond motifs is 2. The molecule has 2 aliphatic rings. The number of carbonyl (C=O) groups excluding carboxylic acids is 1. The molecule has 0 aliphatic heterocycles. The molecule has 2 bridgehead atoms. The molecule has 0 radical (unpaired) electrons. The van der Waals surface area contributed by atoms with Crippen molar-refractivity contribution in [2.45, 2.75) is 25.3 Å². The molecule has 1 fully saturated rings. The maximum absolute atomic E-state index is 12.9. The van der Waals surface area contributed by atoms with Gasteiger partial charge >= 0.3 is 0 Å². The second kappa shape index (κ2) is 6.27. The van der Waals surface area contributed by atoms with E-state index in [1.165, 1.54) is 0 Å². The lowest BCUT2D eigenvalue weighted by Gasteiger charge is -2.24. The molecule has 0 unspecified atom stereocenters. The molecule has 1 amide bonds. The van der Waals surface area contributed by atoms with Crippen LogP contribution in [0.15, 0.2) is 54.9 Å². The fourth-order valence-corrected chi connectivity index (χ4v) is 4.07. The average molecular weight is 321 g/mol. The lowest BCUT2D eigenvalue weighted by atomic mass is 9.92. The SMILES string of the molecule is Cn1ccnc1C[C@@H](NC(=O)[C@@H]1C[C@H]2C=C[C@H]1C2)c1ccccc1. The zero-order chi connectivity index (χ0) is 16.5. The van der Waals surface area contributed by atoms with Gasteiger partial charge in [0.2, 0.25) is 5.91 Å². The minimum Gasteiger partial charge on any atom is -0.349 e. The van der Waals surface area contributed by atoms with Crippen molar-refractivity contribution in [2.75, 3.05) is 0 Å². The van der Waals surface area contributed by atoms with E-state index in [-0.39, 0.29) is 17.9 Å². The summed E-state index contributed by atoms with van der Waals surface area (Å²) in [5.74, 6) is 2.34. The Morgan fingerprint density at radius 3 is 2.75 bits per heavy atom. The number of hydrogen-bond donors (Lipinski definition) is 1. The van der Waals surface area contributed by atoms with Gasteiger partial charge in [-0.1, -0.05) is 42.5 Å². The number of allylic oxidation sites excluding steroid dienone is 2. The molecule has 0 saturated heterocycles. The van der Waals surface area contributed by atoms with Crippen molar-refractivity contribution in [2.24, 2.45) is 24.8 Å². The zero-order valence-corrected chi connectivity index (χ0v) is 13.9. The van der Waals surface area contributed by atoms with E-state index in [2.05, 4.69) is 34.6 Å². The molecule has 124 valence electrons. The van der Waals surface area contributed by atoms with Crippen LogP contribution < -0.4 is 5.32 Å². The van der Waals surface area contributed by atoms with Crippen LogP contribution in [-0.2, 0) is 18.3 Å². The molecule has 2 aromatic rings. The summed E-state index contributed by atoms with van der Waals surface area (Å²) in [6, 6.07) is 10.2. The van der Waals surface area contributed by atoms with Crippen LogP contribution in [0.3, 0.4) is 0 Å². The number of rotatable bonds is 5. The van der Waals surface area contributed by atoms with E-state index in [9.17, 15) is 4.79 Å². The van der Waals surface area contributed by atoms with E-state index in [1.807, 2.05) is 36.0 Å². The third-order valence-corrected chi connectivity index (χ3v) is 5.44. The van der Waals surface area contributed by atoms with E-state index in [1.54, 1.807) is 6.20 Å². The number of nitrogens with one attached hydrogen (secondary N) is 1. The Morgan fingerprint density at radius 1 is 1.29 bits per heavy atom. The fourth-order valence-electron chi connectivity index (χ4n) is 4.07. The summed E-state index contributed by atoms with van der Waals surface area (Å²) < 4.78 is 2.02. The molecular weight excluding hydrogens is 298 g/mol. The van der Waals surface area contributed by atoms with Crippen LogP contribution in [0.5, 0.6) is 0 Å². The first-order valence-corrected chi connectivity index (χ1v) is 8.70. The van der Waals surface area contributed by atoms with Crippen LogP contribution in [0, 0.1) is 17.8 Å². The van der Waals surface area contributed by atoms with Gasteiger partial charge in [-0.15, -0.1) is 0 Å². The van der Waals surface area contributed by atoms with E-state index in [4.69, 9.17) is 0 Å². The van der Waals surface area contributed by atoms with Gasteiger partial charge in [-0.25, -0.2) is 4.98 Å². The third kappa shape index (κ3) is 2.88. The lowest BCUT2D eigenvalue weighted by molar-refractivity contribution is -0.126. The Balaban J connectivity index is 1.53. The van der Waals surface area contributed by atoms with Gasteiger partial charge < -0.3 is 9.88 Å². The highest BCUT2D eigenvalue weighted by atomic mass is 16.2. The number of benzene rings is 1. The molecule has 4 atom stereocenters. The molecule has 24 heavy (non-hydrogen) atoms. The molecule has 1 saturated carbocycles. The highest BCUT2D eigenvalue weighted by Gasteiger charge is 2.40. The average Bonchev–Trinajstić information content (AvgIpc) is 3.33. The van der Waals surface area contributed by atoms with Crippen molar-refractivity contribution in [1.29, 1.82) is 0 Å². The van der Waals surface area contributed by atoms with Crippen LogP contribution in [-0.4, -0.2) is 15.5 Å². The van der Waals surface area contributed by atoms with Gasteiger partial charge in [0.1, 0.15) is 5.82 Å². The van der Waals surface area contributed by atoms with Crippen molar-refractivity contribution >= 4 is 5.91 Å². The fraction of sp³-hybridized carbons (Fsp3) is 0.400. The second-order valence-electron chi connectivity index (χ2n) is 7.02. The largest absolute Gasteiger partial charge is 0.349 e. The van der Waals surface area contributed by atoms with Gasteiger partial charge in [0.25, 0.3) is 0 Å². The van der Waals surface area contributed by atoms with Crippen LogP contribution >= 0.6 is 0 Å². The molecule has 1 N–H and O–H groups in total. The second-order valence-corrected chi connectivity index (χ2v) is 7.02. The third-order valence-electron chi connectivity index (χ3n) is 5.44. The Bertz CT molecular complexity index is 749. The first kappa shape index (κ1) is 15.2. The van der Waals surface area contributed by atoms with Gasteiger partial charge in [0.05, 0.1) is 6.04 Å². The summed E-state index contributed by atoms with van der Waals surface area (Å²) in [5, 5.41) is 3.30. The van der Waals surface area contributed by atoms with Crippen LogP contribution in [0.2, 0.25) is 0 Å². The molecule has 1 aromatic carbocycles. The minimum absolute atomic E-state index is 0.0390. The zero-order valence-electron chi connectivity index (χ0n) is 13.9. The van der Waals surface area contributed by atoms with Gasteiger partial charge in [-0.3, -0.25) is 4.79 Å². The molecule has 4 rings (SSSR count). The maximum atomic E-state index is 12.9. The molecule has 1 heterocycles. The Kier molecular flexibility index (Phi) is 3.97. The number of nitrogens with zero attached hydrogens (tertiary/aromatic N) is 2. The summed E-state index contributed by atoms with van der Waals surface area (Å²) in [6.45, 7) is 0. The topological polar surface area (TPSA) is 46.9 Å². The monoisotopic (exact) mass is 321 g/mol. The standard InChI is InChI=1S/C20H23N3O/c1-23-10-9-21-19(23)13-18(15-5-3-2-4-6-15)22-20(24)17-12-14-7-8-16(17)11-14/h2-10,14,16-18H,11-13H2,1H3,(H,22,24)/t14-,16-,17+,18+/m0/s1. The first-order valence-electron chi connectivity index (χ1n) is 8.70. The van der Waals surface area contributed by atoms with Gasteiger partial charge in [0, 0.05) is 31.8 Å². The quantitative estimate of drug-likeness (QED) is 0.861.